The molecular weight excluding hydrogens is 450 g/mol. The molecule has 0 saturated carbocycles. The van der Waals surface area contributed by atoms with E-state index in [9.17, 15) is 14.7 Å². The number of ether oxygens (including phenoxy) is 1. The molecule has 34 heavy (non-hydrogen) atoms. The number of phenols is 1. The fourth-order valence-electron chi connectivity index (χ4n) is 6.08. The normalized spacial score (nSPS) is 26.9. The number of carbonyl (C=O) groups excluding carboxylic acids is 2. The van der Waals surface area contributed by atoms with Crippen LogP contribution in [0.1, 0.15) is 71.3 Å². The van der Waals surface area contributed by atoms with Crippen molar-refractivity contribution in [2.24, 2.45) is 17.8 Å². The number of halogens is 1. The summed E-state index contributed by atoms with van der Waals surface area (Å²) in [6.45, 7) is 7.36. The van der Waals surface area contributed by atoms with Crippen LogP contribution in [0, 0.1) is 17.8 Å². The van der Waals surface area contributed by atoms with E-state index >= 15 is 0 Å². The fraction of sp³-hybridized carbons (Fsp3) is 0.571. The maximum atomic E-state index is 13.2. The number of aromatic hydroxyl groups is 1. The maximum absolute atomic E-state index is 13.2. The molecule has 2 saturated heterocycles. The molecular formula is C28H36ClNO4. The zero-order valence-corrected chi connectivity index (χ0v) is 21.2. The second kappa shape index (κ2) is 10.7. The lowest BCUT2D eigenvalue weighted by Gasteiger charge is -2.31. The maximum Gasteiger partial charge on any atom is 0.233 e. The van der Waals surface area contributed by atoms with E-state index in [0.717, 1.165) is 44.1 Å². The molecule has 2 aliphatic heterocycles. The summed E-state index contributed by atoms with van der Waals surface area (Å²) in [5, 5.41) is 10.2. The van der Waals surface area contributed by atoms with Crippen LogP contribution in [-0.4, -0.2) is 41.1 Å². The SMILES string of the molecule is CCC/C(=C\c1ccc(O)cc1Cl)CC[C@H]1OC[C@H]2C1=C(CC)C[C@H]1C(=O)N(CCC)C(=O)[C@H]12. The van der Waals surface area contributed by atoms with E-state index in [1.54, 1.807) is 12.1 Å². The Hall–Kier alpha value is -2.11. The molecule has 0 unspecified atom stereocenters. The van der Waals surface area contributed by atoms with Gasteiger partial charge in [0, 0.05) is 12.5 Å². The summed E-state index contributed by atoms with van der Waals surface area (Å²) in [5.41, 5.74) is 4.82. The van der Waals surface area contributed by atoms with Crippen LogP contribution in [0.4, 0.5) is 0 Å². The van der Waals surface area contributed by atoms with E-state index in [-0.39, 0.29) is 41.4 Å². The molecule has 0 spiro atoms. The smallest absolute Gasteiger partial charge is 0.233 e. The molecule has 2 heterocycles. The van der Waals surface area contributed by atoms with Crippen LogP contribution in [0.2, 0.25) is 5.02 Å². The third kappa shape index (κ3) is 4.70. The molecule has 184 valence electrons. The molecule has 1 aromatic rings. The lowest BCUT2D eigenvalue weighted by atomic mass is 9.69. The van der Waals surface area contributed by atoms with Crippen molar-refractivity contribution >= 4 is 29.5 Å². The van der Waals surface area contributed by atoms with Gasteiger partial charge in [-0.3, -0.25) is 14.5 Å². The van der Waals surface area contributed by atoms with Crippen molar-refractivity contribution in [2.45, 2.75) is 71.8 Å². The van der Waals surface area contributed by atoms with Gasteiger partial charge in [0.05, 0.1) is 29.6 Å². The Morgan fingerprint density at radius 1 is 1.15 bits per heavy atom. The Labute approximate surface area is 207 Å². The number of hydrogen-bond acceptors (Lipinski definition) is 4. The van der Waals surface area contributed by atoms with Crippen LogP contribution in [0.5, 0.6) is 5.75 Å². The van der Waals surface area contributed by atoms with Crippen LogP contribution < -0.4 is 0 Å². The second-order valence-corrected chi connectivity index (χ2v) is 10.2. The van der Waals surface area contributed by atoms with E-state index in [0.29, 0.717) is 24.6 Å². The van der Waals surface area contributed by atoms with Crippen LogP contribution in [0.15, 0.2) is 34.9 Å². The first-order chi connectivity index (χ1) is 16.4. The third-order valence-corrected chi connectivity index (χ3v) is 7.94. The van der Waals surface area contributed by atoms with Gasteiger partial charge in [0.2, 0.25) is 11.8 Å². The number of allylic oxidation sites excluding steroid dienone is 2. The van der Waals surface area contributed by atoms with Gasteiger partial charge in [-0.15, -0.1) is 0 Å². The predicted octanol–water partition coefficient (Wildman–Crippen LogP) is 6.15. The number of nitrogens with zero attached hydrogens (tertiary/aromatic N) is 1. The molecule has 4 atom stereocenters. The van der Waals surface area contributed by atoms with Crippen molar-refractivity contribution in [1.29, 1.82) is 0 Å². The molecule has 3 aliphatic rings. The number of likely N-dealkylation sites (tertiary alicyclic amines) is 1. The van der Waals surface area contributed by atoms with Gasteiger partial charge in [0.15, 0.2) is 0 Å². The average Bonchev–Trinajstić information content (AvgIpc) is 3.34. The number of carbonyl (C=O) groups is 2. The molecule has 1 aliphatic carbocycles. The molecule has 2 amide bonds. The van der Waals surface area contributed by atoms with Gasteiger partial charge in [-0.1, -0.05) is 56.0 Å². The molecule has 2 fully saturated rings. The molecule has 0 radical (unpaired) electrons. The van der Waals surface area contributed by atoms with Gasteiger partial charge in [0.1, 0.15) is 5.75 Å². The average molecular weight is 486 g/mol. The van der Waals surface area contributed by atoms with Crippen molar-refractivity contribution in [3.05, 3.63) is 45.5 Å². The zero-order valence-electron chi connectivity index (χ0n) is 20.5. The zero-order chi connectivity index (χ0) is 24.4. The number of phenolic OH excluding ortho intramolecular Hbond substituents is 1. The van der Waals surface area contributed by atoms with Crippen LogP contribution >= 0.6 is 11.6 Å². The standard InChI is InChI=1S/C28H36ClNO4/c1-4-7-17(13-19-9-10-20(31)15-23(19)29)8-11-24-25-18(6-3)14-21-26(22(25)16-34-24)28(33)30(12-5-2)27(21)32/h9-10,13,15,21-22,24,26,31H,4-8,11-12,14,16H2,1-3H3/b17-13+/t21-,22+,24-,26-/m1/s1. The van der Waals surface area contributed by atoms with Crippen LogP contribution in [-0.2, 0) is 14.3 Å². The molecule has 1 N–H and O–H groups in total. The highest BCUT2D eigenvalue weighted by Gasteiger charge is 2.56. The lowest BCUT2D eigenvalue weighted by Crippen LogP contribution is -2.34. The van der Waals surface area contributed by atoms with Crippen molar-refractivity contribution in [2.75, 3.05) is 13.2 Å². The van der Waals surface area contributed by atoms with Crippen LogP contribution in [0.3, 0.4) is 0 Å². The number of amides is 2. The highest BCUT2D eigenvalue weighted by Crippen LogP contribution is 2.50. The van der Waals surface area contributed by atoms with Gasteiger partial charge >= 0.3 is 0 Å². The quantitative estimate of drug-likeness (QED) is 0.336. The van der Waals surface area contributed by atoms with Crippen molar-refractivity contribution < 1.29 is 19.4 Å². The third-order valence-electron chi connectivity index (χ3n) is 7.62. The van der Waals surface area contributed by atoms with Gasteiger partial charge in [0.25, 0.3) is 0 Å². The summed E-state index contributed by atoms with van der Waals surface area (Å²) in [6.07, 6.45) is 8.25. The summed E-state index contributed by atoms with van der Waals surface area (Å²) in [4.78, 5) is 27.7. The molecule has 0 aromatic heterocycles. The first-order valence-electron chi connectivity index (χ1n) is 12.8. The Morgan fingerprint density at radius 3 is 2.62 bits per heavy atom. The summed E-state index contributed by atoms with van der Waals surface area (Å²) in [6, 6.07) is 5.07. The van der Waals surface area contributed by atoms with Crippen LogP contribution in [0.25, 0.3) is 6.08 Å². The Kier molecular flexibility index (Phi) is 7.83. The summed E-state index contributed by atoms with van der Waals surface area (Å²) in [5.74, 6) is -0.247. The first kappa shape index (κ1) is 25.0. The van der Waals surface area contributed by atoms with Crippen molar-refractivity contribution in [3.8, 4) is 5.75 Å². The minimum Gasteiger partial charge on any atom is -0.508 e. The largest absolute Gasteiger partial charge is 0.508 e. The molecule has 6 heteroatoms. The summed E-state index contributed by atoms with van der Waals surface area (Å²) in [7, 11) is 0. The van der Waals surface area contributed by atoms with Gasteiger partial charge < -0.3 is 9.84 Å². The number of rotatable bonds is 9. The molecule has 0 bridgehead atoms. The minimum atomic E-state index is -0.254. The number of imide groups is 1. The number of benzene rings is 1. The topological polar surface area (TPSA) is 66.8 Å². The number of hydrogen-bond donors (Lipinski definition) is 1. The summed E-state index contributed by atoms with van der Waals surface area (Å²) < 4.78 is 6.31. The van der Waals surface area contributed by atoms with Gasteiger partial charge in [-0.25, -0.2) is 0 Å². The molecule has 1 aromatic carbocycles. The monoisotopic (exact) mass is 485 g/mol. The Morgan fingerprint density at radius 2 is 1.94 bits per heavy atom. The van der Waals surface area contributed by atoms with E-state index in [1.165, 1.54) is 21.6 Å². The highest BCUT2D eigenvalue weighted by atomic mass is 35.5. The van der Waals surface area contributed by atoms with E-state index in [1.807, 2.05) is 13.0 Å². The predicted molar refractivity (Wildman–Crippen MR) is 134 cm³/mol. The minimum absolute atomic E-state index is 0.000395. The van der Waals surface area contributed by atoms with Crippen molar-refractivity contribution in [3.63, 3.8) is 0 Å². The molecule has 4 rings (SSSR count). The lowest BCUT2D eigenvalue weighted by molar-refractivity contribution is -0.140. The Balaban J connectivity index is 1.54. The van der Waals surface area contributed by atoms with E-state index < -0.39 is 0 Å². The van der Waals surface area contributed by atoms with E-state index in [2.05, 4.69) is 19.9 Å². The number of fused-ring (bicyclic) bond motifs is 3. The first-order valence-corrected chi connectivity index (χ1v) is 13.1. The van der Waals surface area contributed by atoms with Gasteiger partial charge in [-0.2, -0.15) is 0 Å². The summed E-state index contributed by atoms with van der Waals surface area (Å²) >= 11 is 6.34. The molecule has 5 nitrogen and oxygen atoms in total. The van der Waals surface area contributed by atoms with Crippen molar-refractivity contribution in [1.82, 2.24) is 4.90 Å². The van der Waals surface area contributed by atoms with Gasteiger partial charge in [-0.05, 0) is 67.9 Å². The fourth-order valence-corrected chi connectivity index (χ4v) is 6.31. The Bertz CT molecular complexity index is 1010. The second-order valence-electron chi connectivity index (χ2n) is 9.80. The highest BCUT2D eigenvalue weighted by molar-refractivity contribution is 6.32. The van der Waals surface area contributed by atoms with E-state index in [4.69, 9.17) is 16.3 Å².